The highest BCUT2D eigenvalue weighted by molar-refractivity contribution is 5.97. The number of nitrogens with one attached hydrogen (secondary N) is 1. The first kappa shape index (κ1) is 33.5. The molecule has 1 N–H and O–H groups in total. The van der Waals surface area contributed by atoms with Crippen molar-refractivity contribution in [2.24, 2.45) is 5.92 Å². The van der Waals surface area contributed by atoms with Crippen molar-refractivity contribution < 1.29 is 23.5 Å². The highest BCUT2D eigenvalue weighted by Gasteiger charge is 2.16. The largest absolute Gasteiger partial charge is 0.497 e. The van der Waals surface area contributed by atoms with Gasteiger partial charge in [0, 0.05) is 50.6 Å². The fourth-order valence-corrected chi connectivity index (χ4v) is 5.38. The van der Waals surface area contributed by atoms with Crippen LogP contribution in [0.1, 0.15) is 65.3 Å². The zero-order valence-electron chi connectivity index (χ0n) is 26.2. The average molecular weight is 589 g/mol. The highest BCUT2D eigenvalue weighted by Crippen LogP contribution is 2.25. The second kappa shape index (κ2) is 16.6. The molecule has 1 amide bonds. The van der Waals surface area contributed by atoms with Crippen LogP contribution in [0.4, 0.5) is 4.39 Å². The van der Waals surface area contributed by atoms with Gasteiger partial charge in [0.05, 0.1) is 19.3 Å². The molecule has 0 aliphatic heterocycles. The molecule has 0 radical (unpaired) electrons. The van der Waals surface area contributed by atoms with Crippen molar-refractivity contribution in [1.29, 1.82) is 0 Å². The maximum Gasteiger partial charge on any atom is 0.251 e. The summed E-state index contributed by atoms with van der Waals surface area (Å²) in [4.78, 5) is 27.7. The van der Waals surface area contributed by atoms with Crippen LogP contribution in [0.15, 0.2) is 54.6 Å². The molecule has 0 spiro atoms. The van der Waals surface area contributed by atoms with E-state index in [1.54, 1.807) is 26.4 Å². The van der Waals surface area contributed by atoms with E-state index in [4.69, 9.17) is 9.47 Å². The van der Waals surface area contributed by atoms with Gasteiger partial charge in [0.1, 0.15) is 11.6 Å². The lowest BCUT2D eigenvalue weighted by Crippen LogP contribution is -2.35. The molecule has 0 aliphatic rings. The van der Waals surface area contributed by atoms with E-state index < -0.39 is 5.82 Å². The van der Waals surface area contributed by atoms with Crippen LogP contribution in [0.5, 0.6) is 5.75 Å². The number of halogens is 1. The summed E-state index contributed by atoms with van der Waals surface area (Å²) in [6, 6.07) is 15.9. The lowest BCUT2D eigenvalue weighted by molar-refractivity contribution is 0.0934. The van der Waals surface area contributed by atoms with Crippen molar-refractivity contribution in [3.8, 4) is 16.9 Å². The second-order valence-electron chi connectivity index (χ2n) is 11.0. The van der Waals surface area contributed by atoms with Gasteiger partial charge in [-0.2, -0.15) is 0 Å². The maximum atomic E-state index is 14.9. The van der Waals surface area contributed by atoms with Crippen molar-refractivity contribution in [2.75, 3.05) is 41.0 Å². The van der Waals surface area contributed by atoms with Crippen molar-refractivity contribution in [1.82, 2.24) is 10.2 Å². The average Bonchev–Trinajstić information content (AvgIpc) is 2.99. The summed E-state index contributed by atoms with van der Waals surface area (Å²) in [6.07, 6.45) is 5.96. The summed E-state index contributed by atoms with van der Waals surface area (Å²) >= 11 is 0. The molecule has 3 aromatic rings. The zero-order valence-corrected chi connectivity index (χ0v) is 26.2. The summed E-state index contributed by atoms with van der Waals surface area (Å²) in [5.74, 6) is 0.303. The number of carbonyl (C=O) groups excluding carboxylic acids is 2. The molecule has 0 fully saturated rings. The Balaban J connectivity index is 1.62. The summed E-state index contributed by atoms with van der Waals surface area (Å²) in [7, 11) is 5.23. The predicted molar refractivity (Wildman–Crippen MR) is 172 cm³/mol. The summed E-state index contributed by atoms with van der Waals surface area (Å²) in [5.41, 5.74) is 3.22. The monoisotopic (exact) mass is 588 g/mol. The number of Topliss-reactive ketones (excluding diaryl/α,β-unsaturated/α-hetero) is 1. The minimum absolute atomic E-state index is 0.132. The van der Waals surface area contributed by atoms with Crippen LogP contribution >= 0.6 is 0 Å². The number of carbonyl (C=O) groups is 2. The molecule has 0 heterocycles. The number of methoxy groups -OCH3 is 2. The summed E-state index contributed by atoms with van der Waals surface area (Å²) in [5, 5.41) is 4.67. The van der Waals surface area contributed by atoms with Crippen molar-refractivity contribution in [3.63, 3.8) is 0 Å². The molecule has 0 bridgehead atoms. The van der Waals surface area contributed by atoms with Gasteiger partial charge >= 0.3 is 0 Å². The molecule has 43 heavy (non-hydrogen) atoms. The number of rotatable bonds is 16. The third kappa shape index (κ3) is 9.52. The summed E-state index contributed by atoms with van der Waals surface area (Å²) in [6.45, 7) is 9.98. The first-order valence-corrected chi connectivity index (χ1v) is 14.9. The molecule has 3 aromatic carbocycles. The number of nitrogens with zero attached hydrogens (tertiary/aromatic N) is 1. The number of ketones is 1. The first-order chi connectivity index (χ1) is 20.7. The maximum absolute atomic E-state index is 14.9. The molecule has 0 saturated carbocycles. The predicted octanol–water partition coefficient (Wildman–Crippen LogP) is 5.74. The van der Waals surface area contributed by atoms with Gasteiger partial charge in [-0.3, -0.25) is 9.59 Å². The third-order valence-electron chi connectivity index (χ3n) is 7.74. The van der Waals surface area contributed by atoms with Gasteiger partial charge in [-0.15, -0.1) is 0 Å². The van der Waals surface area contributed by atoms with Gasteiger partial charge in [-0.1, -0.05) is 44.2 Å². The number of hydrogen-bond acceptors (Lipinski definition) is 5. The molecule has 0 aliphatic carbocycles. The highest BCUT2D eigenvalue weighted by atomic mass is 19.1. The number of amides is 1. The molecule has 230 valence electrons. The quantitative estimate of drug-likeness (QED) is 0.171. The van der Waals surface area contributed by atoms with E-state index in [9.17, 15) is 14.0 Å². The summed E-state index contributed by atoms with van der Waals surface area (Å²) < 4.78 is 25.2. The van der Waals surface area contributed by atoms with Crippen molar-refractivity contribution in [2.45, 2.75) is 46.0 Å². The Morgan fingerprint density at radius 1 is 1.02 bits per heavy atom. The standard InChI is InChI=1S/C36H45FN2O4/c1-7-9-27(23-39(4)24-33-25(2)12-18-31(26(33)3)36(41)38-20-21-42-5)10-8-11-35(40)32-19-15-29(22-34(32)37)28-13-16-30(43-6)17-14-28/h12-19,22,24,27H,2,7-11,20-21,23H2,1,3-6H3,(H,38,41)/b33-24+. The first-order valence-electron chi connectivity index (χ1n) is 14.9. The molecular weight excluding hydrogens is 543 g/mol. The van der Waals surface area contributed by atoms with Gasteiger partial charge < -0.3 is 19.7 Å². The van der Waals surface area contributed by atoms with E-state index in [0.717, 1.165) is 58.7 Å². The Morgan fingerprint density at radius 3 is 2.37 bits per heavy atom. The van der Waals surface area contributed by atoms with E-state index in [-0.39, 0.29) is 17.3 Å². The van der Waals surface area contributed by atoms with E-state index in [2.05, 4.69) is 29.9 Å². The third-order valence-corrected chi connectivity index (χ3v) is 7.74. The molecule has 7 heteroatoms. The fourth-order valence-electron chi connectivity index (χ4n) is 5.38. The SMILES string of the molecule is C=c1ccc(C(=O)NCCOC)c(C)/c1=C/N(C)CC(CCC)CCCC(=O)c1ccc(-c2ccc(OC)cc2)cc1F. The fraction of sp³-hybridized carbons (Fsp3) is 0.389. The number of ether oxygens (including phenoxy) is 2. The Kier molecular flexibility index (Phi) is 13.0. The van der Waals surface area contributed by atoms with E-state index in [1.165, 1.54) is 6.07 Å². The van der Waals surface area contributed by atoms with Gasteiger partial charge in [0.25, 0.3) is 5.91 Å². The Hall–Kier alpha value is -3.97. The topological polar surface area (TPSA) is 67.9 Å². The van der Waals surface area contributed by atoms with Gasteiger partial charge in [0.15, 0.2) is 5.78 Å². The Labute approximate surface area is 255 Å². The second-order valence-corrected chi connectivity index (χ2v) is 11.0. The van der Waals surface area contributed by atoms with Crippen LogP contribution in [-0.4, -0.2) is 57.6 Å². The van der Waals surface area contributed by atoms with Gasteiger partial charge in [-0.05, 0) is 84.3 Å². The van der Waals surface area contributed by atoms with E-state index >= 15 is 0 Å². The molecule has 1 atom stereocenters. The molecule has 0 aromatic heterocycles. The van der Waals surface area contributed by atoms with Gasteiger partial charge in [-0.25, -0.2) is 4.39 Å². The number of benzene rings is 3. The van der Waals surface area contributed by atoms with Crippen LogP contribution in [0.2, 0.25) is 0 Å². The molecule has 6 nitrogen and oxygen atoms in total. The minimum Gasteiger partial charge on any atom is -0.497 e. The van der Waals surface area contributed by atoms with Crippen LogP contribution in [0, 0.1) is 18.7 Å². The molecule has 1 unspecified atom stereocenters. The molecule has 0 saturated heterocycles. The molecular formula is C36H45FN2O4. The van der Waals surface area contributed by atoms with E-state index in [1.807, 2.05) is 50.4 Å². The van der Waals surface area contributed by atoms with Crippen molar-refractivity contribution >= 4 is 24.5 Å². The lowest BCUT2D eigenvalue weighted by atomic mass is 9.94. The normalized spacial score (nSPS) is 12.2. The smallest absolute Gasteiger partial charge is 0.251 e. The van der Waals surface area contributed by atoms with Crippen molar-refractivity contribution in [3.05, 3.63) is 87.5 Å². The Morgan fingerprint density at radius 2 is 1.72 bits per heavy atom. The minimum atomic E-state index is -0.494. The molecule has 3 rings (SSSR count). The van der Waals surface area contributed by atoms with Crippen LogP contribution < -0.4 is 20.5 Å². The van der Waals surface area contributed by atoms with Crippen LogP contribution in [-0.2, 0) is 4.74 Å². The van der Waals surface area contributed by atoms with Crippen LogP contribution in [0.3, 0.4) is 0 Å². The Bertz CT molecular complexity index is 1490. The van der Waals surface area contributed by atoms with E-state index in [0.29, 0.717) is 37.5 Å². The zero-order chi connectivity index (χ0) is 31.4. The number of hydrogen-bond donors (Lipinski definition) is 1. The van der Waals surface area contributed by atoms with Crippen LogP contribution in [0.25, 0.3) is 23.9 Å². The lowest BCUT2D eigenvalue weighted by Gasteiger charge is -2.23. The van der Waals surface area contributed by atoms with Gasteiger partial charge in [0.2, 0.25) is 0 Å².